The Kier molecular flexibility index (Phi) is 3.17. The number of benzene rings is 1. The summed E-state index contributed by atoms with van der Waals surface area (Å²) in [6.45, 7) is 0. The Morgan fingerprint density at radius 1 is 1.06 bits per heavy atom. The van der Waals surface area contributed by atoms with Gasteiger partial charge < -0.3 is 10.4 Å². The van der Waals surface area contributed by atoms with Crippen molar-refractivity contribution in [1.82, 2.24) is 5.32 Å². The molecule has 1 aromatic rings. The van der Waals surface area contributed by atoms with Crippen molar-refractivity contribution in [3.63, 3.8) is 0 Å². The topological polar surface area (TPSA) is 32.3 Å². The zero-order chi connectivity index (χ0) is 11.7. The summed E-state index contributed by atoms with van der Waals surface area (Å²) >= 11 is 0. The second kappa shape index (κ2) is 4.79. The monoisotopic (exact) mass is 231 g/mol. The van der Waals surface area contributed by atoms with Crippen LogP contribution in [-0.4, -0.2) is 17.3 Å². The van der Waals surface area contributed by atoms with Crippen LogP contribution in [0.4, 0.5) is 0 Å². The molecule has 2 nitrogen and oxygen atoms in total. The van der Waals surface area contributed by atoms with Crippen molar-refractivity contribution in [2.75, 3.05) is 0 Å². The smallest absolute Gasteiger partial charge is 0.0775 e. The minimum Gasteiger partial charge on any atom is -0.391 e. The van der Waals surface area contributed by atoms with Crippen molar-refractivity contribution in [2.45, 2.75) is 56.7 Å². The molecule has 2 unspecified atom stereocenters. The molecule has 2 aliphatic rings. The highest BCUT2D eigenvalue weighted by Crippen LogP contribution is 2.33. The van der Waals surface area contributed by atoms with Gasteiger partial charge in [-0.1, -0.05) is 43.5 Å². The van der Waals surface area contributed by atoms with Gasteiger partial charge in [0.2, 0.25) is 0 Å². The van der Waals surface area contributed by atoms with Gasteiger partial charge in [-0.15, -0.1) is 0 Å². The van der Waals surface area contributed by atoms with E-state index in [1.807, 2.05) is 0 Å². The van der Waals surface area contributed by atoms with Crippen LogP contribution < -0.4 is 5.32 Å². The van der Waals surface area contributed by atoms with E-state index in [1.165, 1.54) is 43.2 Å². The minimum atomic E-state index is -0.241. The van der Waals surface area contributed by atoms with Gasteiger partial charge in [0.25, 0.3) is 0 Å². The molecule has 0 bridgehead atoms. The molecule has 1 aromatic carbocycles. The molecular weight excluding hydrogens is 210 g/mol. The lowest BCUT2D eigenvalue weighted by molar-refractivity contribution is 0.130. The third kappa shape index (κ3) is 2.24. The summed E-state index contributed by atoms with van der Waals surface area (Å²) < 4.78 is 0. The number of hydrogen-bond donors (Lipinski definition) is 2. The first-order valence-electron chi connectivity index (χ1n) is 6.86. The lowest BCUT2D eigenvalue weighted by Gasteiger charge is -2.28. The highest BCUT2D eigenvalue weighted by molar-refractivity contribution is 5.36. The van der Waals surface area contributed by atoms with Crippen LogP contribution in [-0.2, 0) is 6.42 Å². The van der Waals surface area contributed by atoms with Crippen LogP contribution in [0.5, 0.6) is 0 Å². The second-order valence-corrected chi connectivity index (χ2v) is 5.45. The summed E-state index contributed by atoms with van der Waals surface area (Å²) in [4.78, 5) is 0. The normalized spacial score (nSPS) is 29.2. The van der Waals surface area contributed by atoms with Gasteiger partial charge in [-0.2, -0.15) is 0 Å². The van der Waals surface area contributed by atoms with Crippen molar-refractivity contribution < 1.29 is 5.11 Å². The van der Waals surface area contributed by atoms with E-state index in [1.54, 1.807) is 0 Å². The lowest BCUT2D eigenvalue weighted by Crippen LogP contribution is -2.38. The number of rotatable bonds is 2. The first-order chi connectivity index (χ1) is 8.34. The van der Waals surface area contributed by atoms with Crippen LogP contribution in [0.3, 0.4) is 0 Å². The number of nitrogens with one attached hydrogen (secondary N) is 1. The van der Waals surface area contributed by atoms with E-state index in [4.69, 9.17) is 0 Å². The van der Waals surface area contributed by atoms with E-state index < -0.39 is 0 Å². The number of hydrogen-bond acceptors (Lipinski definition) is 2. The van der Waals surface area contributed by atoms with Gasteiger partial charge in [-0.25, -0.2) is 0 Å². The average molecular weight is 231 g/mol. The Morgan fingerprint density at radius 2 is 1.82 bits per heavy atom. The quantitative estimate of drug-likeness (QED) is 0.820. The summed E-state index contributed by atoms with van der Waals surface area (Å²) in [5.41, 5.74) is 2.62. The van der Waals surface area contributed by atoms with E-state index in [9.17, 15) is 5.11 Å². The highest BCUT2D eigenvalue weighted by Gasteiger charge is 2.32. The Balaban J connectivity index is 1.74. The maximum atomic E-state index is 10.2. The first-order valence-corrected chi connectivity index (χ1v) is 6.86. The summed E-state index contributed by atoms with van der Waals surface area (Å²) in [7, 11) is 0. The molecule has 1 fully saturated rings. The van der Waals surface area contributed by atoms with Gasteiger partial charge in [0.05, 0.1) is 12.1 Å². The van der Waals surface area contributed by atoms with Crippen molar-refractivity contribution in [1.29, 1.82) is 0 Å². The van der Waals surface area contributed by atoms with Gasteiger partial charge in [0.15, 0.2) is 0 Å². The Bertz CT molecular complexity index is 384. The summed E-state index contributed by atoms with van der Waals surface area (Å²) in [5, 5.41) is 13.9. The van der Waals surface area contributed by atoms with Crippen LogP contribution in [0, 0.1) is 0 Å². The summed E-state index contributed by atoms with van der Waals surface area (Å²) in [6, 6.07) is 9.21. The average Bonchev–Trinajstić information content (AvgIpc) is 2.68. The van der Waals surface area contributed by atoms with Crippen LogP contribution in [0.1, 0.15) is 49.3 Å². The van der Waals surface area contributed by atoms with Gasteiger partial charge >= 0.3 is 0 Å². The van der Waals surface area contributed by atoms with Gasteiger partial charge in [-0.05, 0) is 24.0 Å². The molecule has 2 atom stereocenters. The maximum Gasteiger partial charge on any atom is 0.0775 e. The molecule has 2 heteroatoms. The molecule has 0 saturated heterocycles. The molecule has 0 aromatic heterocycles. The molecule has 17 heavy (non-hydrogen) atoms. The minimum absolute atomic E-state index is 0.161. The van der Waals surface area contributed by atoms with Crippen LogP contribution in [0.15, 0.2) is 24.3 Å². The van der Waals surface area contributed by atoms with Crippen molar-refractivity contribution in [3.8, 4) is 0 Å². The van der Waals surface area contributed by atoms with Crippen molar-refractivity contribution in [3.05, 3.63) is 35.4 Å². The molecule has 2 aliphatic carbocycles. The van der Waals surface area contributed by atoms with Crippen LogP contribution in [0.25, 0.3) is 0 Å². The third-order valence-electron chi connectivity index (χ3n) is 4.22. The molecule has 92 valence electrons. The van der Waals surface area contributed by atoms with Gasteiger partial charge in [-0.3, -0.25) is 0 Å². The molecular formula is C15H21NO. The molecule has 0 amide bonds. The highest BCUT2D eigenvalue weighted by atomic mass is 16.3. The van der Waals surface area contributed by atoms with Gasteiger partial charge in [0, 0.05) is 12.5 Å². The Morgan fingerprint density at radius 3 is 2.65 bits per heavy atom. The van der Waals surface area contributed by atoms with E-state index in [0.717, 1.165) is 6.42 Å². The molecule has 0 heterocycles. The van der Waals surface area contributed by atoms with E-state index in [-0.39, 0.29) is 12.1 Å². The molecule has 3 rings (SSSR count). The van der Waals surface area contributed by atoms with Crippen molar-refractivity contribution in [2.24, 2.45) is 0 Å². The van der Waals surface area contributed by atoms with E-state index in [0.29, 0.717) is 6.04 Å². The molecule has 1 saturated carbocycles. The van der Waals surface area contributed by atoms with Gasteiger partial charge in [0.1, 0.15) is 0 Å². The molecule has 0 radical (unpaired) electrons. The zero-order valence-electron chi connectivity index (χ0n) is 10.2. The molecule has 0 aliphatic heterocycles. The lowest BCUT2D eigenvalue weighted by atomic mass is 9.94. The standard InChI is InChI=1S/C15H21NO/c17-14-10-11-6-4-5-9-13(11)15(14)16-12-7-2-1-3-8-12/h4-6,9,12,14-17H,1-3,7-8,10H2. The van der Waals surface area contributed by atoms with Crippen LogP contribution >= 0.6 is 0 Å². The zero-order valence-corrected chi connectivity index (χ0v) is 10.2. The Labute approximate surface area is 103 Å². The summed E-state index contributed by atoms with van der Waals surface area (Å²) in [6.07, 6.45) is 7.15. The number of fused-ring (bicyclic) bond motifs is 1. The fraction of sp³-hybridized carbons (Fsp3) is 0.600. The third-order valence-corrected chi connectivity index (χ3v) is 4.22. The fourth-order valence-electron chi connectivity index (χ4n) is 3.30. The fourth-order valence-corrected chi connectivity index (χ4v) is 3.30. The first kappa shape index (κ1) is 11.2. The van der Waals surface area contributed by atoms with E-state index >= 15 is 0 Å². The molecule has 2 N–H and O–H groups in total. The number of aliphatic hydroxyl groups is 1. The van der Waals surface area contributed by atoms with Crippen molar-refractivity contribution >= 4 is 0 Å². The molecule has 0 spiro atoms. The maximum absolute atomic E-state index is 10.2. The van der Waals surface area contributed by atoms with Crippen LogP contribution in [0.2, 0.25) is 0 Å². The predicted molar refractivity (Wildman–Crippen MR) is 68.9 cm³/mol. The predicted octanol–water partition coefficient (Wildman–Crippen LogP) is 2.57. The Hall–Kier alpha value is -0.860. The number of aliphatic hydroxyl groups excluding tert-OH is 1. The largest absolute Gasteiger partial charge is 0.391 e. The second-order valence-electron chi connectivity index (χ2n) is 5.45. The SMILES string of the molecule is OC1Cc2ccccc2C1NC1CCCCC1. The van der Waals surface area contributed by atoms with E-state index in [2.05, 4.69) is 29.6 Å². The summed E-state index contributed by atoms with van der Waals surface area (Å²) in [5.74, 6) is 0.